The van der Waals surface area contributed by atoms with Crippen LogP contribution in [0.1, 0.15) is 11.3 Å². The fraction of sp³-hybridized carbons (Fsp3) is 0.167. The molecule has 88 valence electrons. The van der Waals surface area contributed by atoms with Gasteiger partial charge in [0.2, 0.25) is 0 Å². The SMILES string of the molecule is Cc1c(CC(=O)O)cnn1-c1cccc(O)c1. The van der Waals surface area contributed by atoms with Gasteiger partial charge in [-0.25, -0.2) is 4.68 Å². The number of hydrogen-bond acceptors (Lipinski definition) is 3. The Labute approximate surface area is 97.9 Å². The van der Waals surface area contributed by atoms with Crippen molar-refractivity contribution in [2.24, 2.45) is 0 Å². The van der Waals surface area contributed by atoms with Crippen LogP contribution in [0.5, 0.6) is 5.75 Å². The van der Waals surface area contributed by atoms with Crippen molar-refractivity contribution < 1.29 is 15.0 Å². The average Bonchev–Trinajstić information content (AvgIpc) is 2.60. The van der Waals surface area contributed by atoms with Crippen molar-refractivity contribution in [2.45, 2.75) is 13.3 Å². The standard InChI is InChI=1S/C12H12N2O3/c1-8-9(5-12(16)17)7-13-14(8)10-3-2-4-11(15)6-10/h2-4,6-7,15H,5H2,1H3,(H,16,17). The number of phenols is 1. The number of aromatic hydroxyl groups is 1. The predicted octanol–water partition coefficient (Wildman–Crippen LogP) is 1.51. The van der Waals surface area contributed by atoms with E-state index in [0.29, 0.717) is 11.3 Å². The number of benzene rings is 1. The van der Waals surface area contributed by atoms with Gasteiger partial charge in [0.25, 0.3) is 0 Å². The maximum absolute atomic E-state index is 10.6. The number of carboxylic acid groups (broad SMARTS) is 1. The van der Waals surface area contributed by atoms with E-state index in [4.69, 9.17) is 5.11 Å². The van der Waals surface area contributed by atoms with Crippen LogP contribution in [0.15, 0.2) is 30.5 Å². The molecule has 0 saturated carbocycles. The summed E-state index contributed by atoms with van der Waals surface area (Å²) in [6.07, 6.45) is 1.48. The van der Waals surface area contributed by atoms with Gasteiger partial charge in [-0.2, -0.15) is 5.10 Å². The molecule has 2 rings (SSSR count). The first-order valence-electron chi connectivity index (χ1n) is 5.12. The Balaban J connectivity index is 2.40. The van der Waals surface area contributed by atoms with Crippen LogP contribution < -0.4 is 0 Å². The second kappa shape index (κ2) is 4.29. The van der Waals surface area contributed by atoms with Crippen molar-refractivity contribution in [1.29, 1.82) is 0 Å². The van der Waals surface area contributed by atoms with Gasteiger partial charge in [0.05, 0.1) is 18.3 Å². The van der Waals surface area contributed by atoms with Crippen LogP contribution in [-0.4, -0.2) is 26.0 Å². The van der Waals surface area contributed by atoms with Gasteiger partial charge in [0.15, 0.2) is 0 Å². The molecule has 0 fully saturated rings. The molecular weight excluding hydrogens is 220 g/mol. The first-order chi connectivity index (χ1) is 8.08. The topological polar surface area (TPSA) is 75.3 Å². The number of carboxylic acids is 1. The van der Waals surface area contributed by atoms with Crippen LogP contribution >= 0.6 is 0 Å². The summed E-state index contributed by atoms with van der Waals surface area (Å²) < 4.78 is 1.61. The van der Waals surface area contributed by atoms with Gasteiger partial charge < -0.3 is 10.2 Å². The van der Waals surface area contributed by atoms with Gasteiger partial charge >= 0.3 is 5.97 Å². The molecule has 0 spiro atoms. The first-order valence-corrected chi connectivity index (χ1v) is 5.12. The van der Waals surface area contributed by atoms with Gasteiger partial charge in [-0.15, -0.1) is 0 Å². The van der Waals surface area contributed by atoms with E-state index in [0.717, 1.165) is 5.69 Å². The Morgan fingerprint density at radius 3 is 2.88 bits per heavy atom. The Morgan fingerprint density at radius 2 is 2.24 bits per heavy atom. The van der Waals surface area contributed by atoms with Crippen LogP contribution in [0.3, 0.4) is 0 Å². The molecule has 17 heavy (non-hydrogen) atoms. The van der Waals surface area contributed by atoms with E-state index in [1.165, 1.54) is 6.20 Å². The summed E-state index contributed by atoms with van der Waals surface area (Å²) in [5, 5.41) is 22.2. The average molecular weight is 232 g/mol. The van der Waals surface area contributed by atoms with E-state index < -0.39 is 5.97 Å². The normalized spacial score (nSPS) is 10.4. The van der Waals surface area contributed by atoms with Crippen molar-refractivity contribution in [1.82, 2.24) is 9.78 Å². The lowest BCUT2D eigenvalue weighted by Gasteiger charge is -2.05. The van der Waals surface area contributed by atoms with Crippen molar-refractivity contribution in [2.75, 3.05) is 0 Å². The molecule has 0 saturated heterocycles. The highest BCUT2D eigenvalue weighted by molar-refractivity contribution is 5.70. The van der Waals surface area contributed by atoms with Crippen molar-refractivity contribution in [3.8, 4) is 11.4 Å². The highest BCUT2D eigenvalue weighted by Gasteiger charge is 2.11. The quantitative estimate of drug-likeness (QED) is 0.841. The highest BCUT2D eigenvalue weighted by Crippen LogP contribution is 2.18. The fourth-order valence-corrected chi connectivity index (χ4v) is 1.67. The highest BCUT2D eigenvalue weighted by atomic mass is 16.4. The molecule has 1 aromatic carbocycles. The summed E-state index contributed by atoms with van der Waals surface area (Å²) in [6, 6.07) is 6.65. The zero-order valence-corrected chi connectivity index (χ0v) is 9.29. The zero-order valence-electron chi connectivity index (χ0n) is 9.29. The predicted molar refractivity (Wildman–Crippen MR) is 61.3 cm³/mol. The summed E-state index contributed by atoms with van der Waals surface area (Å²) in [6.45, 7) is 1.80. The van der Waals surface area contributed by atoms with Gasteiger partial charge in [0, 0.05) is 17.3 Å². The van der Waals surface area contributed by atoms with E-state index in [1.807, 2.05) is 0 Å². The summed E-state index contributed by atoms with van der Waals surface area (Å²) in [4.78, 5) is 10.6. The van der Waals surface area contributed by atoms with Crippen LogP contribution in [-0.2, 0) is 11.2 Å². The number of aromatic nitrogens is 2. The maximum atomic E-state index is 10.6. The maximum Gasteiger partial charge on any atom is 0.307 e. The molecule has 2 N–H and O–H groups in total. The molecular formula is C12H12N2O3. The van der Waals surface area contributed by atoms with Crippen LogP contribution in [0.2, 0.25) is 0 Å². The number of aliphatic carboxylic acids is 1. The second-order valence-electron chi connectivity index (χ2n) is 3.76. The van der Waals surface area contributed by atoms with Crippen LogP contribution in [0.4, 0.5) is 0 Å². The van der Waals surface area contributed by atoms with Crippen molar-refractivity contribution in [3.63, 3.8) is 0 Å². The number of rotatable bonds is 3. The number of nitrogens with zero attached hydrogens (tertiary/aromatic N) is 2. The molecule has 0 aliphatic carbocycles. The lowest BCUT2D eigenvalue weighted by Crippen LogP contribution is -2.03. The first kappa shape index (κ1) is 11.2. The van der Waals surface area contributed by atoms with E-state index >= 15 is 0 Å². The Kier molecular flexibility index (Phi) is 2.82. The van der Waals surface area contributed by atoms with Crippen molar-refractivity contribution >= 4 is 5.97 Å². The largest absolute Gasteiger partial charge is 0.508 e. The summed E-state index contributed by atoms with van der Waals surface area (Å²) in [7, 11) is 0. The van der Waals surface area contributed by atoms with E-state index in [1.54, 1.807) is 35.9 Å². The van der Waals surface area contributed by atoms with E-state index in [2.05, 4.69) is 5.10 Å². The van der Waals surface area contributed by atoms with E-state index in [9.17, 15) is 9.90 Å². The molecule has 0 unspecified atom stereocenters. The van der Waals surface area contributed by atoms with Gasteiger partial charge in [-0.05, 0) is 19.1 Å². The lowest BCUT2D eigenvalue weighted by molar-refractivity contribution is -0.136. The van der Waals surface area contributed by atoms with Crippen molar-refractivity contribution in [3.05, 3.63) is 41.7 Å². The fourth-order valence-electron chi connectivity index (χ4n) is 1.67. The van der Waals surface area contributed by atoms with Gasteiger partial charge in [-0.3, -0.25) is 4.79 Å². The monoisotopic (exact) mass is 232 g/mol. The smallest absolute Gasteiger partial charge is 0.307 e. The molecule has 1 aromatic heterocycles. The number of hydrogen-bond donors (Lipinski definition) is 2. The van der Waals surface area contributed by atoms with Gasteiger partial charge in [0.1, 0.15) is 5.75 Å². The Hall–Kier alpha value is -2.30. The Bertz CT molecular complexity index is 561. The zero-order chi connectivity index (χ0) is 12.4. The third kappa shape index (κ3) is 2.28. The van der Waals surface area contributed by atoms with Crippen LogP contribution in [0.25, 0.3) is 5.69 Å². The molecule has 5 heteroatoms. The van der Waals surface area contributed by atoms with E-state index in [-0.39, 0.29) is 12.2 Å². The summed E-state index contributed by atoms with van der Waals surface area (Å²) in [5.74, 6) is -0.735. The molecule has 0 aliphatic rings. The van der Waals surface area contributed by atoms with Gasteiger partial charge in [-0.1, -0.05) is 6.07 Å². The Morgan fingerprint density at radius 1 is 1.47 bits per heavy atom. The molecule has 0 bridgehead atoms. The molecule has 2 aromatic rings. The van der Waals surface area contributed by atoms with Crippen LogP contribution in [0, 0.1) is 6.92 Å². The third-order valence-electron chi connectivity index (χ3n) is 2.53. The number of carbonyl (C=O) groups is 1. The lowest BCUT2D eigenvalue weighted by atomic mass is 10.2. The summed E-state index contributed by atoms with van der Waals surface area (Å²) >= 11 is 0. The molecule has 0 amide bonds. The molecule has 0 radical (unpaired) electrons. The minimum Gasteiger partial charge on any atom is -0.508 e. The molecule has 0 aliphatic heterocycles. The second-order valence-corrected chi connectivity index (χ2v) is 3.76. The minimum absolute atomic E-state index is 0.0509. The molecule has 5 nitrogen and oxygen atoms in total. The number of phenolic OH excluding ortho intramolecular Hbond substituents is 1. The third-order valence-corrected chi connectivity index (χ3v) is 2.53. The molecule has 0 atom stereocenters. The summed E-state index contributed by atoms with van der Waals surface area (Å²) in [5.41, 5.74) is 2.14. The molecule has 1 heterocycles. The minimum atomic E-state index is -0.886.